The maximum atomic E-state index is 10.7. The number of carboxylic acids is 1. The molecule has 0 radical (unpaired) electrons. The molecule has 1 aromatic heterocycles. The summed E-state index contributed by atoms with van der Waals surface area (Å²) in [5, 5.41) is 14.8. The molecule has 0 aliphatic heterocycles. The Bertz CT molecular complexity index is 572. The zero-order valence-corrected chi connectivity index (χ0v) is 11.8. The van der Waals surface area contributed by atoms with Crippen molar-refractivity contribution in [1.82, 2.24) is 15.3 Å². The predicted molar refractivity (Wildman–Crippen MR) is 79.7 cm³/mol. The molecule has 0 fully saturated rings. The number of hydrogen-bond donors (Lipinski definition) is 3. The first-order chi connectivity index (χ1) is 10.1. The van der Waals surface area contributed by atoms with Gasteiger partial charge in [0.2, 0.25) is 5.95 Å². The molecule has 6 heteroatoms. The van der Waals surface area contributed by atoms with Crippen LogP contribution >= 0.6 is 0 Å². The van der Waals surface area contributed by atoms with Gasteiger partial charge in [0, 0.05) is 31.0 Å². The molecule has 0 aliphatic carbocycles. The highest BCUT2D eigenvalue weighted by Gasteiger charge is 2.09. The summed E-state index contributed by atoms with van der Waals surface area (Å²) in [6.07, 6.45) is 3.36. The van der Waals surface area contributed by atoms with Crippen molar-refractivity contribution < 1.29 is 9.90 Å². The molecule has 3 N–H and O–H groups in total. The first-order valence-electron chi connectivity index (χ1n) is 6.70. The van der Waals surface area contributed by atoms with Gasteiger partial charge in [0.05, 0.1) is 0 Å². The second-order valence-electron chi connectivity index (χ2n) is 4.69. The van der Waals surface area contributed by atoms with Gasteiger partial charge in [-0.3, -0.25) is 4.79 Å². The van der Waals surface area contributed by atoms with Gasteiger partial charge in [-0.25, -0.2) is 9.97 Å². The van der Waals surface area contributed by atoms with E-state index in [1.165, 1.54) is 0 Å². The largest absolute Gasteiger partial charge is 0.480 e. The Balaban J connectivity index is 1.83. The summed E-state index contributed by atoms with van der Waals surface area (Å²) < 4.78 is 0. The van der Waals surface area contributed by atoms with Crippen molar-refractivity contribution in [3.8, 4) is 0 Å². The molecule has 0 spiro atoms. The van der Waals surface area contributed by atoms with E-state index in [1.807, 2.05) is 30.3 Å². The Morgan fingerprint density at radius 2 is 1.81 bits per heavy atom. The SMILES string of the molecule is C[C@H](NCc1cnc(NCc2ccccc2)nc1)C(=O)O. The van der Waals surface area contributed by atoms with Crippen molar-refractivity contribution in [2.45, 2.75) is 26.1 Å². The molecule has 0 saturated heterocycles. The minimum atomic E-state index is -0.878. The van der Waals surface area contributed by atoms with Gasteiger partial charge in [-0.15, -0.1) is 0 Å². The van der Waals surface area contributed by atoms with E-state index in [0.717, 1.165) is 11.1 Å². The summed E-state index contributed by atoms with van der Waals surface area (Å²) in [4.78, 5) is 19.1. The van der Waals surface area contributed by atoms with Gasteiger partial charge in [0.25, 0.3) is 0 Å². The minimum absolute atomic E-state index is 0.423. The number of nitrogens with one attached hydrogen (secondary N) is 2. The molecule has 1 heterocycles. The van der Waals surface area contributed by atoms with Gasteiger partial charge in [-0.1, -0.05) is 30.3 Å². The highest BCUT2D eigenvalue weighted by atomic mass is 16.4. The molecule has 2 rings (SSSR count). The van der Waals surface area contributed by atoms with E-state index in [1.54, 1.807) is 19.3 Å². The van der Waals surface area contributed by atoms with Crippen LogP contribution in [-0.2, 0) is 17.9 Å². The fraction of sp³-hybridized carbons (Fsp3) is 0.267. The van der Waals surface area contributed by atoms with Crippen LogP contribution in [0.3, 0.4) is 0 Å². The van der Waals surface area contributed by atoms with Crippen LogP contribution in [0.2, 0.25) is 0 Å². The Labute approximate surface area is 123 Å². The highest BCUT2D eigenvalue weighted by molar-refractivity contribution is 5.72. The van der Waals surface area contributed by atoms with Crippen LogP contribution in [0.4, 0.5) is 5.95 Å². The third-order valence-electron chi connectivity index (χ3n) is 2.98. The maximum absolute atomic E-state index is 10.7. The lowest BCUT2D eigenvalue weighted by Crippen LogP contribution is -2.33. The number of hydrogen-bond acceptors (Lipinski definition) is 5. The van der Waals surface area contributed by atoms with Crippen molar-refractivity contribution >= 4 is 11.9 Å². The van der Waals surface area contributed by atoms with Crippen molar-refractivity contribution in [1.29, 1.82) is 0 Å². The topological polar surface area (TPSA) is 87.1 Å². The third-order valence-corrected chi connectivity index (χ3v) is 2.98. The predicted octanol–water partition coefficient (Wildman–Crippen LogP) is 1.65. The summed E-state index contributed by atoms with van der Waals surface area (Å²) in [7, 11) is 0. The number of carboxylic acid groups (broad SMARTS) is 1. The molecule has 0 unspecified atom stereocenters. The van der Waals surface area contributed by atoms with Crippen LogP contribution < -0.4 is 10.6 Å². The van der Waals surface area contributed by atoms with Crippen molar-refractivity contribution in [2.75, 3.05) is 5.32 Å². The van der Waals surface area contributed by atoms with Gasteiger partial charge >= 0.3 is 5.97 Å². The van der Waals surface area contributed by atoms with Gasteiger partial charge in [0.1, 0.15) is 6.04 Å². The molecule has 0 amide bonds. The van der Waals surface area contributed by atoms with E-state index in [9.17, 15) is 4.79 Å². The molecule has 1 atom stereocenters. The van der Waals surface area contributed by atoms with Gasteiger partial charge in [0.15, 0.2) is 0 Å². The van der Waals surface area contributed by atoms with Crippen LogP contribution in [0, 0.1) is 0 Å². The number of aliphatic carboxylic acids is 1. The van der Waals surface area contributed by atoms with E-state index < -0.39 is 12.0 Å². The van der Waals surface area contributed by atoms with E-state index >= 15 is 0 Å². The zero-order chi connectivity index (χ0) is 15.1. The van der Waals surface area contributed by atoms with Crippen LogP contribution in [-0.4, -0.2) is 27.1 Å². The van der Waals surface area contributed by atoms with Crippen molar-refractivity contribution in [2.24, 2.45) is 0 Å². The molecule has 0 saturated carbocycles. The Morgan fingerprint density at radius 3 is 2.43 bits per heavy atom. The normalized spacial score (nSPS) is 11.9. The first kappa shape index (κ1) is 14.9. The quantitative estimate of drug-likeness (QED) is 0.717. The lowest BCUT2D eigenvalue weighted by Gasteiger charge is -2.09. The lowest BCUT2D eigenvalue weighted by atomic mass is 10.2. The van der Waals surface area contributed by atoms with Crippen molar-refractivity contribution in [3.63, 3.8) is 0 Å². The molecule has 0 aliphatic rings. The second-order valence-corrected chi connectivity index (χ2v) is 4.69. The molecule has 6 nitrogen and oxygen atoms in total. The van der Waals surface area contributed by atoms with E-state index in [4.69, 9.17) is 5.11 Å². The fourth-order valence-electron chi connectivity index (χ4n) is 1.67. The molecule has 21 heavy (non-hydrogen) atoms. The monoisotopic (exact) mass is 286 g/mol. The van der Waals surface area contributed by atoms with Crippen LogP contribution in [0.1, 0.15) is 18.1 Å². The van der Waals surface area contributed by atoms with Gasteiger partial charge < -0.3 is 15.7 Å². The Kier molecular flexibility index (Phi) is 5.22. The Morgan fingerprint density at radius 1 is 1.14 bits per heavy atom. The van der Waals surface area contributed by atoms with Crippen LogP contribution in [0.15, 0.2) is 42.7 Å². The second kappa shape index (κ2) is 7.35. The zero-order valence-electron chi connectivity index (χ0n) is 11.8. The average Bonchev–Trinajstić information content (AvgIpc) is 2.52. The number of carbonyl (C=O) groups is 1. The number of aromatic nitrogens is 2. The van der Waals surface area contributed by atoms with E-state index in [0.29, 0.717) is 19.0 Å². The summed E-state index contributed by atoms with van der Waals surface area (Å²) in [6.45, 7) is 2.68. The summed E-state index contributed by atoms with van der Waals surface area (Å²) >= 11 is 0. The standard InChI is InChI=1S/C15H18N4O2/c1-11(14(20)21)16-8-13-9-18-15(19-10-13)17-7-12-5-3-2-4-6-12/h2-6,9-11,16H,7-8H2,1H3,(H,20,21)(H,17,18,19)/t11-/m0/s1. The van der Waals surface area contributed by atoms with E-state index in [-0.39, 0.29) is 0 Å². The molecular weight excluding hydrogens is 268 g/mol. The maximum Gasteiger partial charge on any atom is 0.320 e. The molecular formula is C15H18N4O2. The number of nitrogens with zero attached hydrogens (tertiary/aromatic N) is 2. The molecule has 1 aromatic carbocycles. The summed E-state index contributed by atoms with van der Waals surface area (Å²) in [5.41, 5.74) is 2.00. The third kappa shape index (κ3) is 4.85. The van der Waals surface area contributed by atoms with Gasteiger partial charge in [-0.2, -0.15) is 0 Å². The number of rotatable bonds is 7. The Hall–Kier alpha value is -2.47. The first-order valence-corrected chi connectivity index (χ1v) is 6.70. The van der Waals surface area contributed by atoms with E-state index in [2.05, 4.69) is 20.6 Å². The van der Waals surface area contributed by atoms with Crippen molar-refractivity contribution in [3.05, 3.63) is 53.9 Å². The summed E-state index contributed by atoms with van der Waals surface area (Å²) in [6, 6.07) is 9.39. The smallest absolute Gasteiger partial charge is 0.320 e. The molecule has 2 aromatic rings. The fourth-order valence-corrected chi connectivity index (χ4v) is 1.67. The number of anilines is 1. The molecule has 0 bridgehead atoms. The molecule has 110 valence electrons. The number of benzene rings is 1. The van der Waals surface area contributed by atoms with Crippen LogP contribution in [0.5, 0.6) is 0 Å². The average molecular weight is 286 g/mol. The van der Waals surface area contributed by atoms with Gasteiger partial charge in [-0.05, 0) is 12.5 Å². The summed E-state index contributed by atoms with van der Waals surface area (Å²) in [5.74, 6) is -0.328. The lowest BCUT2D eigenvalue weighted by molar-refractivity contribution is -0.139. The highest BCUT2D eigenvalue weighted by Crippen LogP contribution is 2.04. The van der Waals surface area contributed by atoms with Crippen LogP contribution in [0.25, 0.3) is 0 Å². The minimum Gasteiger partial charge on any atom is -0.480 e.